The third-order valence-electron chi connectivity index (χ3n) is 5.63. The summed E-state index contributed by atoms with van der Waals surface area (Å²) in [4.78, 5) is 37.1. The molecule has 2 N–H and O–H groups in total. The molecule has 0 bridgehead atoms. The Balaban J connectivity index is 1.44. The van der Waals surface area contributed by atoms with Gasteiger partial charge in [-0.2, -0.15) is 5.10 Å². The van der Waals surface area contributed by atoms with E-state index in [-0.39, 0.29) is 22.9 Å². The number of fused-ring (bicyclic) bond motifs is 1. The van der Waals surface area contributed by atoms with E-state index in [1.54, 1.807) is 23.6 Å². The van der Waals surface area contributed by atoms with Crippen molar-refractivity contribution in [1.82, 2.24) is 25.0 Å². The molecule has 31 heavy (non-hydrogen) atoms. The van der Waals surface area contributed by atoms with Gasteiger partial charge in [0, 0.05) is 31.6 Å². The number of rotatable bonds is 7. The predicted molar refractivity (Wildman–Crippen MR) is 119 cm³/mol. The smallest absolute Gasteiger partial charge is 0.345 e. The SMILES string of the molecule is CC(NC(=O)c1ccc(C(C)(C)C)cc1)C(=O)NCCCn1nc2n(c1=O)CCCC2. The average molecular weight is 428 g/mol. The second-order valence-electron chi connectivity index (χ2n) is 9.20. The summed E-state index contributed by atoms with van der Waals surface area (Å²) in [5.41, 5.74) is 1.62. The fraction of sp³-hybridized carbons (Fsp3) is 0.565. The highest BCUT2D eigenvalue weighted by molar-refractivity contribution is 5.97. The van der Waals surface area contributed by atoms with Crippen LogP contribution in [0.5, 0.6) is 0 Å². The summed E-state index contributed by atoms with van der Waals surface area (Å²) < 4.78 is 3.23. The van der Waals surface area contributed by atoms with E-state index in [9.17, 15) is 14.4 Å². The number of hydrogen-bond donors (Lipinski definition) is 2. The minimum Gasteiger partial charge on any atom is -0.354 e. The monoisotopic (exact) mass is 427 g/mol. The van der Waals surface area contributed by atoms with Crippen LogP contribution in [0.25, 0.3) is 0 Å². The summed E-state index contributed by atoms with van der Waals surface area (Å²) in [7, 11) is 0. The maximum absolute atomic E-state index is 12.4. The molecule has 0 aliphatic carbocycles. The van der Waals surface area contributed by atoms with Crippen LogP contribution < -0.4 is 16.3 Å². The van der Waals surface area contributed by atoms with Crippen LogP contribution in [0.1, 0.15) is 68.7 Å². The van der Waals surface area contributed by atoms with Crippen molar-refractivity contribution >= 4 is 11.8 Å². The zero-order chi connectivity index (χ0) is 22.6. The fourth-order valence-corrected chi connectivity index (χ4v) is 3.65. The van der Waals surface area contributed by atoms with Crippen LogP contribution in [0.4, 0.5) is 0 Å². The molecule has 1 aromatic heterocycles. The highest BCUT2D eigenvalue weighted by Gasteiger charge is 2.19. The summed E-state index contributed by atoms with van der Waals surface area (Å²) in [6.07, 6.45) is 3.52. The van der Waals surface area contributed by atoms with Crippen molar-refractivity contribution in [3.63, 3.8) is 0 Å². The number of nitrogens with zero attached hydrogens (tertiary/aromatic N) is 3. The molecule has 1 unspecified atom stereocenters. The Morgan fingerprint density at radius 3 is 2.52 bits per heavy atom. The van der Waals surface area contributed by atoms with E-state index in [0.29, 0.717) is 25.1 Å². The van der Waals surface area contributed by atoms with Gasteiger partial charge in [-0.25, -0.2) is 9.48 Å². The van der Waals surface area contributed by atoms with Gasteiger partial charge in [0.05, 0.1) is 0 Å². The Kier molecular flexibility index (Phi) is 6.97. The largest absolute Gasteiger partial charge is 0.354 e. The zero-order valence-corrected chi connectivity index (χ0v) is 18.9. The normalized spacial score (nSPS) is 14.6. The molecule has 0 spiro atoms. The average Bonchev–Trinajstić information content (AvgIpc) is 3.06. The van der Waals surface area contributed by atoms with Crippen molar-refractivity contribution in [2.75, 3.05) is 6.54 Å². The lowest BCUT2D eigenvalue weighted by molar-refractivity contribution is -0.122. The molecular weight excluding hydrogens is 394 g/mol. The summed E-state index contributed by atoms with van der Waals surface area (Å²) >= 11 is 0. The molecule has 0 saturated heterocycles. The highest BCUT2D eigenvalue weighted by atomic mass is 16.2. The van der Waals surface area contributed by atoms with Crippen molar-refractivity contribution in [2.24, 2.45) is 0 Å². The lowest BCUT2D eigenvalue weighted by Crippen LogP contribution is -2.45. The van der Waals surface area contributed by atoms with Gasteiger partial charge in [0.25, 0.3) is 5.91 Å². The number of carbonyl (C=O) groups excluding carboxylic acids is 2. The van der Waals surface area contributed by atoms with Crippen molar-refractivity contribution in [1.29, 1.82) is 0 Å². The van der Waals surface area contributed by atoms with E-state index in [1.165, 1.54) is 4.68 Å². The minimum atomic E-state index is -0.655. The zero-order valence-electron chi connectivity index (χ0n) is 18.9. The van der Waals surface area contributed by atoms with Gasteiger partial charge >= 0.3 is 5.69 Å². The Hall–Kier alpha value is -2.90. The highest BCUT2D eigenvalue weighted by Crippen LogP contribution is 2.22. The molecular formula is C23H33N5O3. The van der Waals surface area contributed by atoms with E-state index in [2.05, 4.69) is 36.5 Å². The van der Waals surface area contributed by atoms with Crippen molar-refractivity contribution in [2.45, 2.75) is 77.9 Å². The molecule has 2 aromatic rings. The Morgan fingerprint density at radius 2 is 1.87 bits per heavy atom. The third-order valence-corrected chi connectivity index (χ3v) is 5.63. The van der Waals surface area contributed by atoms with Gasteiger partial charge in [-0.3, -0.25) is 14.2 Å². The Morgan fingerprint density at radius 1 is 1.16 bits per heavy atom. The molecule has 1 aliphatic heterocycles. The predicted octanol–water partition coefficient (Wildman–Crippen LogP) is 2.00. The van der Waals surface area contributed by atoms with E-state index in [4.69, 9.17) is 0 Å². The lowest BCUT2D eigenvalue weighted by Gasteiger charge is -2.19. The third kappa shape index (κ3) is 5.62. The molecule has 8 nitrogen and oxygen atoms in total. The molecule has 0 saturated carbocycles. The summed E-state index contributed by atoms with van der Waals surface area (Å²) in [6, 6.07) is 6.79. The van der Waals surface area contributed by atoms with Crippen LogP contribution in [-0.4, -0.2) is 38.7 Å². The van der Waals surface area contributed by atoms with Crippen LogP contribution in [0.15, 0.2) is 29.1 Å². The molecule has 8 heteroatoms. The number of hydrogen-bond acceptors (Lipinski definition) is 4. The van der Waals surface area contributed by atoms with Crippen molar-refractivity contribution in [3.8, 4) is 0 Å². The second kappa shape index (κ2) is 9.49. The number of nitrogens with one attached hydrogen (secondary N) is 2. The first-order valence-electron chi connectivity index (χ1n) is 11.0. The number of amides is 2. The van der Waals surface area contributed by atoms with Gasteiger partial charge in [-0.15, -0.1) is 0 Å². The van der Waals surface area contributed by atoms with Gasteiger partial charge in [0.1, 0.15) is 11.9 Å². The van der Waals surface area contributed by atoms with E-state index in [0.717, 1.165) is 37.2 Å². The standard InChI is InChI=1S/C23H33N5O3/c1-16(25-21(30)17-9-11-18(12-10-17)23(2,3)4)20(29)24-13-7-15-28-22(31)27-14-6-5-8-19(27)26-28/h9-12,16H,5-8,13-15H2,1-4H3,(H,24,29)(H,25,30). The molecule has 168 valence electrons. The van der Waals surface area contributed by atoms with Crippen molar-refractivity contribution in [3.05, 3.63) is 51.7 Å². The minimum absolute atomic E-state index is 0.0171. The van der Waals surface area contributed by atoms with Crippen molar-refractivity contribution < 1.29 is 9.59 Å². The van der Waals surface area contributed by atoms with E-state index < -0.39 is 6.04 Å². The maximum atomic E-state index is 12.4. The molecule has 3 rings (SSSR count). The molecule has 1 aromatic carbocycles. The Bertz CT molecular complexity index is 982. The first kappa shape index (κ1) is 22.8. The topological polar surface area (TPSA) is 98.0 Å². The summed E-state index contributed by atoms with van der Waals surface area (Å²) in [5, 5.41) is 9.94. The van der Waals surface area contributed by atoms with Gasteiger partial charge < -0.3 is 10.6 Å². The van der Waals surface area contributed by atoms with Crippen LogP contribution in [0.2, 0.25) is 0 Å². The quantitative estimate of drug-likeness (QED) is 0.661. The molecule has 2 amide bonds. The summed E-state index contributed by atoms with van der Waals surface area (Å²) in [5.74, 6) is 0.321. The maximum Gasteiger partial charge on any atom is 0.345 e. The molecule has 0 radical (unpaired) electrons. The van der Waals surface area contributed by atoms with Gasteiger partial charge in [0.2, 0.25) is 5.91 Å². The molecule has 1 atom stereocenters. The number of aryl methyl sites for hydroxylation is 2. The summed E-state index contributed by atoms with van der Waals surface area (Å²) in [6.45, 7) is 9.61. The van der Waals surface area contributed by atoms with E-state index >= 15 is 0 Å². The second-order valence-corrected chi connectivity index (χ2v) is 9.20. The Labute approximate surface area is 183 Å². The number of carbonyl (C=O) groups is 2. The number of benzene rings is 1. The van der Waals surface area contributed by atoms with Gasteiger partial charge in [0.15, 0.2) is 0 Å². The van der Waals surface area contributed by atoms with Gasteiger partial charge in [-0.05, 0) is 49.3 Å². The van der Waals surface area contributed by atoms with Crippen LogP contribution in [0, 0.1) is 0 Å². The van der Waals surface area contributed by atoms with E-state index in [1.807, 2.05) is 12.1 Å². The van der Waals surface area contributed by atoms with Crippen LogP contribution in [-0.2, 0) is 29.7 Å². The lowest BCUT2D eigenvalue weighted by atomic mass is 9.86. The first-order valence-corrected chi connectivity index (χ1v) is 11.0. The first-order chi connectivity index (χ1) is 14.7. The molecule has 2 heterocycles. The fourth-order valence-electron chi connectivity index (χ4n) is 3.65. The molecule has 0 fully saturated rings. The number of aromatic nitrogens is 3. The van der Waals surface area contributed by atoms with Gasteiger partial charge in [-0.1, -0.05) is 32.9 Å². The van der Waals surface area contributed by atoms with Crippen LogP contribution in [0.3, 0.4) is 0 Å². The molecule has 1 aliphatic rings. The van der Waals surface area contributed by atoms with Crippen LogP contribution >= 0.6 is 0 Å².